The number of rotatable bonds is 2. The lowest BCUT2D eigenvalue weighted by Crippen LogP contribution is -2.23. The molecule has 3 nitrogen and oxygen atoms in total. The van der Waals surface area contributed by atoms with Crippen LogP contribution in [0.4, 0.5) is 4.39 Å². The second-order valence-corrected chi connectivity index (χ2v) is 3.58. The molecule has 14 heavy (non-hydrogen) atoms. The van der Waals surface area contributed by atoms with E-state index in [0.717, 1.165) is 24.1 Å². The van der Waals surface area contributed by atoms with Crippen molar-refractivity contribution in [2.24, 2.45) is 5.14 Å². The molecule has 0 aliphatic carbocycles. The van der Waals surface area contributed by atoms with Gasteiger partial charge in [-0.15, -0.1) is 0 Å². The largest absolute Gasteiger partial charge is 0.493 e. The molecule has 1 unspecified atom stereocenters. The summed E-state index contributed by atoms with van der Waals surface area (Å²) in [6, 6.07) is 4.72. The Kier molecular flexibility index (Phi) is 2.90. The molecule has 5 heteroatoms. The van der Waals surface area contributed by atoms with Gasteiger partial charge in [-0.25, -0.2) is 9.11 Å². The fourth-order valence-corrected chi connectivity index (χ4v) is 1.98. The molecule has 2 rings (SSSR count). The zero-order chi connectivity index (χ0) is 9.97. The van der Waals surface area contributed by atoms with E-state index in [0.29, 0.717) is 12.4 Å². The van der Waals surface area contributed by atoms with E-state index in [1.165, 1.54) is 12.1 Å². The fraction of sp³-hybridized carbons (Fsp3) is 0.333. The van der Waals surface area contributed by atoms with Crippen LogP contribution in [0, 0.1) is 5.82 Å². The number of halogens is 1. The van der Waals surface area contributed by atoms with Gasteiger partial charge in [0.15, 0.2) is 0 Å². The van der Waals surface area contributed by atoms with Crippen LogP contribution in [0.2, 0.25) is 0 Å². The monoisotopic (exact) mass is 214 g/mol. The minimum absolute atomic E-state index is 0.148. The first kappa shape index (κ1) is 9.76. The molecule has 0 amide bonds. The number of nitrogens with two attached hydrogens (primary N) is 1. The summed E-state index contributed by atoms with van der Waals surface area (Å²) in [5, 5.41) is 5.34. The molecule has 1 heterocycles. The first-order valence-corrected chi connectivity index (χ1v) is 5.22. The van der Waals surface area contributed by atoms with Crippen LogP contribution in [0.1, 0.15) is 18.0 Å². The van der Waals surface area contributed by atoms with Crippen LogP contribution in [0.3, 0.4) is 0 Å². The quantitative estimate of drug-likeness (QED) is 0.736. The van der Waals surface area contributed by atoms with Crippen molar-refractivity contribution >= 4 is 12.1 Å². The topological polar surface area (TPSA) is 47.3 Å². The van der Waals surface area contributed by atoms with Crippen molar-refractivity contribution in [3.8, 4) is 5.75 Å². The Hall–Kier alpha value is -0.780. The summed E-state index contributed by atoms with van der Waals surface area (Å²) in [5.74, 6) is 0.340. The number of hydrogen-bond donors (Lipinski definition) is 2. The molecule has 0 bridgehead atoms. The molecule has 0 spiro atoms. The molecule has 1 aromatic rings. The highest BCUT2D eigenvalue weighted by molar-refractivity contribution is 7.95. The summed E-state index contributed by atoms with van der Waals surface area (Å²) in [7, 11) is 0. The van der Waals surface area contributed by atoms with Gasteiger partial charge in [-0.1, -0.05) is 6.07 Å². The van der Waals surface area contributed by atoms with Crippen molar-refractivity contribution < 1.29 is 9.13 Å². The SMILES string of the molecule is NSNC1CCOc2cc(F)ccc21. The Bertz CT molecular complexity index is 335. The maximum atomic E-state index is 12.9. The van der Waals surface area contributed by atoms with Crippen molar-refractivity contribution in [2.45, 2.75) is 12.5 Å². The Balaban J connectivity index is 2.30. The fourth-order valence-electron chi connectivity index (χ4n) is 1.57. The van der Waals surface area contributed by atoms with Crippen LogP contribution in [0.25, 0.3) is 0 Å². The molecule has 1 aliphatic rings. The third kappa shape index (κ3) is 1.84. The normalized spacial score (nSPS) is 20.0. The minimum Gasteiger partial charge on any atom is -0.493 e. The molecule has 0 radical (unpaired) electrons. The Morgan fingerprint density at radius 3 is 3.21 bits per heavy atom. The summed E-state index contributed by atoms with van der Waals surface area (Å²) in [6.45, 7) is 0.592. The van der Waals surface area contributed by atoms with Gasteiger partial charge < -0.3 is 4.74 Å². The number of fused-ring (bicyclic) bond motifs is 1. The van der Waals surface area contributed by atoms with Gasteiger partial charge in [0.1, 0.15) is 11.6 Å². The lowest BCUT2D eigenvalue weighted by Gasteiger charge is -2.25. The number of nitrogens with one attached hydrogen (secondary N) is 1. The summed E-state index contributed by atoms with van der Waals surface area (Å²) in [6.07, 6.45) is 0.850. The first-order chi connectivity index (χ1) is 6.81. The van der Waals surface area contributed by atoms with Crippen molar-refractivity contribution in [3.63, 3.8) is 0 Å². The maximum absolute atomic E-state index is 12.9. The van der Waals surface area contributed by atoms with Gasteiger partial charge in [0.25, 0.3) is 0 Å². The molecule has 1 atom stereocenters. The molecule has 1 aliphatic heterocycles. The molecule has 76 valence electrons. The first-order valence-electron chi connectivity index (χ1n) is 4.35. The predicted octanol–water partition coefficient (Wildman–Crippen LogP) is 1.76. The van der Waals surface area contributed by atoms with Crippen LogP contribution in [-0.2, 0) is 0 Å². The molecular formula is C9H11FN2OS. The van der Waals surface area contributed by atoms with Gasteiger partial charge in [-0.05, 0) is 6.07 Å². The van der Waals surface area contributed by atoms with E-state index in [1.54, 1.807) is 6.07 Å². The van der Waals surface area contributed by atoms with Gasteiger partial charge in [0.2, 0.25) is 0 Å². The van der Waals surface area contributed by atoms with Crippen LogP contribution >= 0.6 is 12.1 Å². The van der Waals surface area contributed by atoms with E-state index in [-0.39, 0.29) is 11.9 Å². The van der Waals surface area contributed by atoms with Crippen LogP contribution in [0.15, 0.2) is 18.2 Å². The molecule has 0 saturated heterocycles. The van der Waals surface area contributed by atoms with E-state index >= 15 is 0 Å². The second-order valence-electron chi connectivity index (χ2n) is 3.11. The Morgan fingerprint density at radius 1 is 1.57 bits per heavy atom. The predicted molar refractivity (Wildman–Crippen MR) is 54.2 cm³/mol. The summed E-state index contributed by atoms with van der Waals surface area (Å²) >= 11 is 1.08. The van der Waals surface area contributed by atoms with Gasteiger partial charge in [-0.2, -0.15) is 0 Å². The van der Waals surface area contributed by atoms with Crippen molar-refractivity contribution in [1.82, 2.24) is 4.72 Å². The summed E-state index contributed by atoms with van der Waals surface area (Å²) in [5.41, 5.74) is 0.968. The third-order valence-corrected chi connectivity index (χ3v) is 2.65. The molecular weight excluding hydrogens is 203 g/mol. The van der Waals surface area contributed by atoms with Gasteiger partial charge in [-0.3, -0.25) is 5.14 Å². The van der Waals surface area contributed by atoms with Gasteiger partial charge >= 0.3 is 0 Å². The zero-order valence-corrected chi connectivity index (χ0v) is 8.31. The number of benzene rings is 1. The van der Waals surface area contributed by atoms with E-state index in [2.05, 4.69) is 4.72 Å². The van der Waals surface area contributed by atoms with E-state index in [1.807, 2.05) is 0 Å². The van der Waals surface area contributed by atoms with Crippen LogP contribution < -0.4 is 14.6 Å². The Labute approximate surface area is 86.1 Å². The highest BCUT2D eigenvalue weighted by atomic mass is 32.2. The highest BCUT2D eigenvalue weighted by Crippen LogP contribution is 2.32. The summed E-state index contributed by atoms with van der Waals surface area (Å²) < 4.78 is 21.3. The number of ether oxygens (including phenoxy) is 1. The molecule has 0 aromatic heterocycles. The summed E-state index contributed by atoms with van der Waals surface area (Å²) in [4.78, 5) is 0. The standard InChI is InChI=1S/C9H11FN2OS/c10-6-1-2-7-8(12-14-11)3-4-13-9(7)5-6/h1-2,5,8,12H,3-4,11H2. The maximum Gasteiger partial charge on any atom is 0.127 e. The highest BCUT2D eigenvalue weighted by Gasteiger charge is 2.21. The second kappa shape index (κ2) is 4.16. The zero-order valence-electron chi connectivity index (χ0n) is 7.50. The minimum atomic E-state index is -0.273. The van der Waals surface area contributed by atoms with Crippen molar-refractivity contribution in [1.29, 1.82) is 0 Å². The Morgan fingerprint density at radius 2 is 2.43 bits per heavy atom. The van der Waals surface area contributed by atoms with Gasteiger partial charge in [0.05, 0.1) is 12.6 Å². The molecule has 3 N–H and O–H groups in total. The van der Waals surface area contributed by atoms with E-state index < -0.39 is 0 Å². The van der Waals surface area contributed by atoms with Crippen molar-refractivity contribution in [2.75, 3.05) is 6.61 Å². The smallest absolute Gasteiger partial charge is 0.127 e. The molecule has 1 aromatic carbocycles. The van der Waals surface area contributed by atoms with Gasteiger partial charge in [0, 0.05) is 30.2 Å². The van der Waals surface area contributed by atoms with E-state index in [4.69, 9.17) is 9.88 Å². The molecule has 0 saturated carbocycles. The molecule has 0 fully saturated rings. The van der Waals surface area contributed by atoms with E-state index in [9.17, 15) is 4.39 Å². The van der Waals surface area contributed by atoms with Crippen molar-refractivity contribution in [3.05, 3.63) is 29.6 Å². The van der Waals surface area contributed by atoms with Crippen LogP contribution in [0.5, 0.6) is 5.75 Å². The third-order valence-electron chi connectivity index (χ3n) is 2.23. The number of hydrogen-bond acceptors (Lipinski definition) is 4. The lowest BCUT2D eigenvalue weighted by atomic mass is 10.0. The van der Waals surface area contributed by atoms with Crippen LogP contribution in [-0.4, -0.2) is 6.61 Å². The average molecular weight is 214 g/mol. The lowest BCUT2D eigenvalue weighted by molar-refractivity contribution is 0.263. The average Bonchev–Trinajstić information content (AvgIpc) is 2.18.